The molecule has 0 fully saturated rings. The summed E-state index contributed by atoms with van der Waals surface area (Å²) in [7, 11) is -2.37. The molecule has 45 heavy (non-hydrogen) atoms. The minimum atomic E-state index is -4.08. The predicted molar refractivity (Wildman–Crippen MR) is 170 cm³/mol. The van der Waals surface area contributed by atoms with Gasteiger partial charge < -0.3 is 34.2 Å². The van der Waals surface area contributed by atoms with Gasteiger partial charge >= 0.3 is 6.03 Å². The van der Waals surface area contributed by atoms with E-state index < -0.39 is 28.1 Å². The van der Waals surface area contributed by atoms with E-state index in [1.54, 1.807) is 35.9 Å². The van der Waals surface area contributed by atoms with Crippen LogP contribution in [0.4, 0.5) is 10.5 Å². The highest BCUT2D eigenvalue weighted by Crippen LogP contribution is 2.30. The van der Waals surface area contributed by atoms with Crippen molar-refractivity contribution in [2.45, 2.75) is 96.9 Å². The summed E-state index contributed by atoms with van der Waals surface area (Å²) < 4.78 is 46.6. The van der Waals surface area contributed by atoms with Crippen molar-refractivity contribution in [1.29, 1.82) is 0 Å². The molecule has 14 heteroatoms. The molecule has 3 rings (SSSR count). The number of aryl methyl sites for hydroxylation is 2. The summed E-state index contributed by atoms with van der Waals surface area (Å²) in [4.78, 5) is 30.0. The number of urea groups is 1. The molecule has 13 nitrogen and oxygen atoms in total. The Morgan fingerprint density at radius 1 is 1.20 bits per heavy atom. The van der Waals surface area contributed by atoms with Gasteiger partial charge in [-0.25, -0.2) is 13.2 Å². The number of anilines is 1. The van der Waals surface area contributed by atoms with Gasteiger partial charge in [0.25, 0.3) is 15.9 Å². The molecule has 3 N–H and O–H groups in total. The first-order chi connectivity index (χ1) is 21.1. The number of carbonyl (C=O) groups excluding carboxylic acids is 2. The second kappa shape index (κ2) is 15.8. The number of rotatable bonds is 8. The highest BCUT2D eigenvalue weighted by molar-refractivity contribution is 7.92. The van der Waals surface area contributed by atoms with Gasteiger partial charge in [-0.2, -0.15) is 0 Å². The van der Waals surface area contributed by atoms with Crippen LogP contribution in [0.25, 0.3) is 0 Å². The van der Waals surface area contributed by atoms with Crippen molar-refractivity contribution in [2.24, 2.45) is 5.92 Å². The van der Waals surface area contributed by atoms with Crippen molar-refractivity contribution in [3.63, 3.8) is 0 Å². The van der Waals surface area contributed by atoms with Gasteiger partial charge in [-0.15, -0.1) is 0 Å². The van der Waals surface area contributed by atoms with E-state index in [-0.39, 0.29) is 64.8 Å². The molecule has 252 valence electrons. The van der Waals surface area contributed by atoms with Gasteiger partial charge in [0.05, 0.1) is 30.4 Å². The lowest BCUT2D eigenvalue weighted by molar-refractivity contribution is -0.0122. The van der Waals surface area contributed by atoms with Crippen LogP contribution >= 0.6 is 0 Å². The molecule has 0 saturated heterocycles. The zero-order chi connectivity index (χ0) is 33.5. The summed E-state index contributed by atoms with van der Waals surface area (Å²) >= 11 is 0. The second-order valence-corrected chi connectivity index (χ2v) is 13.9. The minimum absolute atomic E-state index is 0.0242. The van der Waals surface area contributed by atoms with E-state index in [0.717, 1.165) is 12.8 Å². The van der Waals surface area contributed by atoms with E-state index in [1.807, 2.05) is 27.7 Å². The largest absolute Gasteiger partial charge is 0.490 e. The Balaban J connectivity index is 2.00. The lowest BCUT2D eigenvalue weighted by atomic mass is 10.0. The molecule has 1 aliphatic heterocycles. The molecule has 0 radical (unpaired) electrons. The summed E-state index contributed by atoms with van der Waals surface area (Å²) in [5, 5.41) is 16.8. The van der Waals surface area contributed by atoms with Crippen molar-refractivity contribution in [1.82, 2.24) is 20.3 Å². The van der Waals surface area contributed by atoms with Crippen LogP contribution in [-0.2, 0) is 14.8 Å². The molecule has 0 saturated carbocycles. The smallest absolute Gasteiger partial charge is 0.317 e. The lowest BCUT2D eigenvalue weighted by Crippen LogP contribution is -2.49. The number of carbonyl (C=O) groups is 2. The van der Waals surface area contributed by atoms with Crippen LogP contribution in [0.2, 0.25) is 0 Å². The first kappa shape index (κ1) is 36.1. The van der Waals surface area contributed by atoms with Crippen LogP contribution in [0.3, 0.4) is 0 Å². The number of amides is 3. The number of fused-ring (bicyclic) bond motifs is 1. The summed E-state index contributed by atoms with van der Waals surface area (Å²) in [5.41, 5.74) is 0.520. The lowest BCUT2D eigenvalue weighted by Gasteiger charge is -2.36. The number of likely N-dealkylation sites (N-methyl/N-ethyl adjacent to an activating group) is 1. The molecule has 3 amide bonds. The highest BCUT2D eigenvalue weighted by atomic mass is 32.2. The SMILES string of the molecule is Cc1noc(C)c1S(=O)(=O)Nc1ccc2c(c1)C(=O)N([C@@H](C)CO)C[C@H](C)[C@@H](CN(C)C(=O)NC(C)C)OCCCC[C@@H](C)O2. The molecule has 1 aromatic heterocycles. The zero-order valence-corrected chi connectivity index (χ0v) is 28.4. The fraction of sp³-hybridized carbons (Fsp3) is 0.645. The quantitative estimate of drug-likeness (QED) is 0.384. The molecule has 1 aliphatic rings. The van der Waals surface area contributed by atoms with Crippen LogP contribution < -0.4 is 14.8 Å². The summed E-state index contributed by atoms with van der Waals surface area (Å²) in [6, 6.07) is 3.75. The monoisotopic (exact) mass is 651 g/mol. The first-order valence-electron chi connectivity index (χ1n) is 15.5. The number of aromatic nitrogens is 1. The van der Waals surface area contributed by atoms with Crippen molar-refractivity contribution in [3.05, 3.63) is 35.2 Å². The topological polar surface area (TPSA) is 164 Å². The molecular formula is C31H49N5O8S. The van der Waals surface area contributed by atoms with Crippen LogP contribution in [-0.4, -0.2) is 98.1 Å². The molecule has 0 aliphatic carbocycles. The van der Waals surface area contributed by atoms with E-state index in [4.69, 9.17) is 14.0 Å². The maximum atomic E-state index is 14.3. The van der Waals surface area contributed by atoms with E-state index in [0.29, 0.717) is 25.3 Å². The number of nitrogens with one attached hydrogen (secondary N) is 2. The molecule has 2 aromatic rings. The number of hydrogen-bond donors (Lipinski definition) is 3. The highest BCUT2D eigenvalue weighted by Gasteiger charge is 2.32. The van der Waals surface area contributed by atoms with Gasteiger partial charge in [0.2, 0.25) is 0 Å². The molecular weight excluding hydrogens is 602 g/mol. The number of sulfonamides is 1. The average molecular weight is 652 g/mol. The number of benzene rings is 1. The summed E-state index contributed by atoms with van der Waals surface area (Å²) in [6.07, 6.45) is 1.67. The van der Waals surface area contributed by atoms with Gasteiger partial charge in [0, 0.05) is 44.4 Å². The van der Waals surface area contributed by atoms with Crippen molar-refractivity contribution in [3.8, 4) is 5.75 Å². The number of hydrogen-bond acceptors (Lipinski definition) is 9. The standard InChI is InChI=1S/C31H49N5O8S/c1-19(2)32-31(39)35(8)17-28-20(3)16-36(21(4)18-37)30(38)26-15-25(34-45(40,41)29-23(6)33-44-24(29)7)12-13-27(26)43-22(5)11-9-10-14-42-28/h12-13,15,19-22,28,34,37H,9-11,14,16-18H2,1-8H3,(H,32,39)/t20-,21-,22+,28+/m0/s1. The zero-order valence-electron chi connectivity index (χ0n) is 27.6. The van der Waals surface area contributed by atoms with E-state index >= 15 is 0 Å². The van der Waals surface area contributed by atoms with Gasteiger partial charge in [0.1, 0.15) is 11.4 Å². The number of nitrogens with zero attached hydrogens (tertiary/aromatic N) is 3. The predicted octanol–water partition coefficient (Wildman–Crippen LogP) is 3.94. The fourth-order valence-corrected chi connectivity index (χ4v) is 6.60. The van der Waals surface area contributed by atoms with E-state index in [9.17, 15) is 23.1 Å². The normalized spacial score (nSPS) is 21.0. The Bertz CT molecular complexity index is 1390. The minimum Gasteiger partial charge on any atom is -0.490 e. The van der Waals surface area contributed by atoms with Gasteiger partial charge in [0.15, 0.2) is 10.7 Å². The molecule has 2 heterocycles. The van der Waals surface area contributed by atoms with Crippen LogP contribution in [0.5, 0.6) is 5.75 Å². The molecule has 0 unspecified atom stereocenters. The Labute approximate surface area is 266 Å². The Morgan fingerprint density at radius 3 is 2.53 bits per heavy atom. The second-order valence-electron chi connectivity index (χ2n) is 12.3. The summed E-state index contributed by atoms with van der Waals surface area (Å²) in [5.74, 6) is -0.214. The van der Waals surface area contributed by atoms with E-state index in [2.05, 4.69) is 15.2 Å². The maximum absolute atomic E-state index is 14.3. The number of aliphatic hydroxyl groups excluding tert-OH is 1. The van der Waals surface area contributed by atoms with Crippen molar-refractivity contribution in [2.75, 3.05) is 38.1 Å². The molecule has 0 bridgehead atoms. The maximum Gasteiger partial charge on any atom is 0.317 e. The third-order valence-electron chi connectivity index (χ3n) is 7.75. The first-order valence-corrected chi connectivity index (χ1v) is 16.9. The van der Waals surface area contributed by atoms with Crippen molar-refractivity contribution >= 4 is 27.6 Å². The third kappa shape index (κ3) is 9.57. The molecule has 0 spiro atoms. The van der Waals surface area contributed by atoms with Crippen LogP contribution in [0.15, 0.2) is 27.6 Å². The molecule has 1 aromatic carbocycles. The van der Waals surface area contributed by atoms with Crippen molar-refractivity contribution < 1.29 is 37.1 Å². The molecule has 4 atom stereocenters. The number of ether oxygens (including phenoxy) is 2. The van der Waals surface area contributed by atoms with Gasteiger partial charge in [-0.3, -0.25) is 9.52 Å². The number of aliphatic hydroxyl groups is 1. The van der Waals surface area contributed by atoms with Crippen LogP contribution in [0.1, 0.15) is 75.7 Å². The summed E-state index contributed by atoms with van der Waals surface area (Å²) in [6.45, 7) is 13.1. The Hall–Kier alpha value is -3.36. The third-order valence-corrected chi connectivity index (χ3v) is 9.38. The van der Waals surface area contributed by atoms with Crippen LogP contribution in [0, 0.1) is 19.8 Å². The Morgan fingerprint density at radius 2 is 1.91 bits per heavy atom. The average Bonchev–Trinajstić information content (AvgIpc) is 3.32. The van der Waals surface area contributed by atoms with E-state index in [1.165, 1.54) is 19.9 Å². The fourth-order valence-electron chi connectivity index (χ4n) is 5.22. The van der Waals surface area contributed by atoms with Gasteiger partial charge in [-0.1, -0.05) is 12.1 Å². The van der Waals surface area contributed by atoms with Gasteiger partial charge in [-0.05, 0) is 79.0 Å². The Kier molecular flexibility index (Phi) is 12.7.